The summed E-state index contributed by atoms with van der Waals surface area (Å²) in [5.74, 6) is 0.458. The van der Waals surface area contributed by atoms with Gasteiger partial charge in [-0.3, -0.25) is 4.99 Å². The summed E-state index contributed by atoms with van der Waals surface area (Å²) >= 11 is 5.86. The molecule has 0 aromatic heterocycles. The Labute approximate surface area is 99.6 Å². The molecule has 1 aromatic rings. The van der Waals surface area contributed by atoms with E-state index in [4.69, 9.17) is 11.6 Å². The molecule has 16 heavy (non-hydrogen) atoms. The minimum Gasteiger partial charge on any atom is -0.271 e. The Morgan fingerprint density at radius 2 is 2.12 bits per heavy atom. The summed E-state index contributed by atoms with van der Waals surface area (Å²) in [5.41, 5.74) is 0.580. The van der Waals surface area contributed by atoms with E-state index >= 15 is 0 Å². The van der Waals surface area contributed by atoms with E-state index in [1.165, 1.54) is 10.4 Å². The maximum atomic E-state index is 12.1. The molecule has 1 aromatic carbocycles. The summed E-state index contributed by atoms with van der Waals surface area (Å²) in [4.78, 5) is 4.30. The van der Waals surface area contributed by atoms with Gasteiger partial charge in [0.2, 0.25) is 0 Å². The summed E-state index contributed by atoms with van der Waals surface area (Å²) in [7, 11) is -1.86. The van der Waals surface area contributed by atoms with Crippen LogP contribution in [0.5, 0.6) is 0 Å². The van der Waals surface area contributed by atoms with Crippen molar-refractivity contribution >= 4 is 27.5 Å². The van der Waals surface area contributed by atoms with Gasteiger partial charge in [0.15, 0.2) is 0 Å². The van der Waals surface area contributed by atoms with Gasteiger partial charge < -0.3 is 0 Å². The molecule has 1 aliphatic heterocycles. The molecule has 0 fully saturated rings. The van der Waals surface area contributed by atoms with Crippen LogP contribution in [-0.4, -0.2) is 32.2 Å². The molecule has 0 saturated carbocycles. The van der Waals surface area contributed by atoms with E-state index in [2.05, 4.69) is 4.99 Å². The lowest BCUT2D eigenvalue weighted by molar-refractivity contribution is 0.540. The molecule has 86 valence electrons. The first-order valence-electron chi connectivity index (χ1n) is 4.81. The monoisotopic (exact) mass is 258 g/mol. The normalized spacial score (nSPS) is 20.2. The molecule has 1 heterocycles. The van der Waals surface area contributed by atoms with Crippen molar-refractivity contribution in [2.24, 2.45) is 4.99 Å². The van der Waals surface area contributed by atoms with Gasteiger partial charge in [-0.2, -0.15) is 0 Å². The van der Waals surface area contributed by atoms with Crippen molar-refractivity contribution in [3.05, 3.63) is 28.8 Å². The number of hydrogen-bond donors (Lipinski definition) is 0. The van der Waals surface area contributed by atoms with Crippen LogP contribution in [0.4, 0.5) is 0 Å². The summed E-state index contributed by atoms with van der Waals surface area (Å²) < 4.78 is 25.5. The smallest absolute Gasteiger partial charge is 0.266 e. The number of sulfonamides is 1. The minimum atomic E-state index is -3.43. The van der Waals surface area contributed by atoms with Crippen LogP contribution in [0.3, 0.4) is 0 Å². The summed E-state index contributed by atoms with van der Waals surface area (Å²) in [5, 5.41) is 0.507. The van der Waals surface area contributed by atoms with Crippen molar-refractivity contribution in [2.75, 3.05) is 13.6 Å². The van der Waals surface area contributed by atoms with Crippen LogP contribution in [0.25, 0.3) is 0 Å². The zero-order chi connectivity index (χ0) is 11.9. The van der Waals surface area contributed by atoms with Crippen molar-refractivity contribution in [1.29, 1.82) is 0 Å². The van der Waals surface area contributed by atoms with E-state index in [0.717, 1.165) is 0 Å². The number of halogens is 1. The van der Waals surface area contributed by atoms with Gasteiger partial charge >= 0.3 is 0 Å². The molecule has 0 amide bonds. The van der Waals surface area contributed by atoms with E-state index in [-0.39, 0.29) is 4.90 Å². The third-order valence-corrected chi connectivity index (χ3v) is 4.64. The van der Waals surface area contributed by atoms with Crippen LogP contribution in [0.1, 0.15) is 12.5 Å². The molecule has 1 aliphatic rings. The van der Waals surface area contributed by atoms with Crippen molar-refractivity contribution in [3.8, 4) is 0 Å². The van der Waals surface area contributed by atoms with E-state index in [0.29, 0.717) is 23.0 Å². The first-order chi connectivity index (χ1) is 7.52. The Hall–Kier alpha value is -1.07. The molecule has 0 bridgehead atoms. The van der Waals surface area contributed by atoms with Gasteiger partial charge in [0.1, 0.15) is 5.84 Å². The van der Waals surface area contributed by atoms with Gasteiger partial charge in [0.05, 0.1) is 4.90 Å². The molecule has 0 unspecified atom stereocenters. The highest BCUT2D eigenvalue weighted by atomic mass is 35.5. The predicted molar refractivity (Wildman–Crippen MR) is 63.5 cm³/mol. The number of aliphatic imine (C=N–C) groups is 1. The molecular weight excluding hydrogens is 248 g/mol. The lowest BCUT2D eigenvalue weighted by Gasteiger charge is -2.14. The maximum absolute atomic E-state index is 12.1. The predicted octanol–water partition coefficient (Wildman–Crippen LogP) is 1.74. The van der Waals surface area contributed by atoms with Crippen molar-refractivity contribution < 1.29 is 8.42 Å². The molecule has 4 nitrogen and oxygen atoms in total. The highest BCUT2D eigenvalue weighted by Crippen LogP contribution is 2.32. The Balaban J connectivity index is 2.78. The lowest BCUT2D eigenvalue weighted by atomic mass is 10.2. The second-order valence-corrected chi connectivity index (χ2v) is 5.62. The number of benzene rings is 1. The lowest BCUT2D eigenvalue weighted by Crippen LogP contribution is -2.30. The average molecular weight is 259 g/mol. The number of hydrogen-bond acceptors (Lipinski definition) is 3. The number of rotatable bonds is 1. The van der Waals surface area contributed by atoms with E-state index in [1.54, 1.807) is 26.1 Å². The van der Waals surface area contributed by atoms with Crippen LogP contribution < -0.4 is 0 Å². The molecule has 2 rings (SSSR count). The standard InChI is InChI=1S/C10H11ClN2O2S/c1-3-13-10(12-2)8-6-7(11)4-5-9(8)16(13,14)15/h4-6H,3H2,1-2H3. The van der Waals surface area contributed by atoms with E-state index in [9.17, 15) is 8.42 Å². The fraction of sp³-hybridized carbons (Fsp3) is 0.300. The Morgan fingerprint density at radius 1 is 1.44 bits per heavy atom. The summed E-state index contributed by atoms with van der Waals surface area (Å²) in [6.07, 6.45) is 0. The van der Waals surface area contributed by atoms with E-state index < -0.39 is 10.0 Å². The molecule has 0 spiro atoms. The zero-order valence-electron chi connectivity index (χ0n) is 8.94. The van der Waals surface area contributed by atoms with Gasteiger partial charge in [-0.1, -0.05) is 11.6 Å². The molecular formula is C10H11ClN2O2S. The van der Waals surface area contributed by atoms with Gasteiger partial charge in [0, 0.05) is 24.2 Å². The summed E-state index contributed by atoms with van der Waals surface area (Å²) in [6, 6.07) is 4.73. The second kappa shape index (κ2) is 3.75. The zero-order valence-corrected chi connectivity index (χ0v) is 10.5. The molecule has 0 radical (unpaired) electrons. The van der Waals surface area contributed by atoms with Gasteiger partial charge in [-0.15, -0.1) is 0 Å². The van der Waals surface area contributed by atoms with Crippen LogP contribution in [0, 0.1) is 0 Å². The molecule has 0 atom stereocenters. The van der Waals surface area contributed by atoms with Crippen molar-refractivity contribution in [2.45, 2.75) is 11.8 Å². The quantitative estimate of drug-likeness (QED) is 0.770. The molecule has 6 heteroatoms. The number of fused-ring (bicyclic) bond motifs is 1. The van der Waals surface area contributed by atoms with Crippen LogP contribution in [0.15, 0.2) is 28.1 Å². The molecule has 0 aliphatic carbocycles. The fourth-order valence-corrected chi connectivity index (χ4v) is 3.65. The SMILES string of the molecule is CCN1C(=NC)c2cc(Cl)ccc2S1(=O)=O. The van der Waals surface area contributed by atoms with Crippen LogP contribution >= 0.6 is 11.6 Å². The fourth-order valence-electron chi connectivity index (χ4n) is 1.82. The van der Waals surface area contributed by atoms with E-state index in [1.807, 2.05) is 0 Å². The first kappa shape index (κ1) is 11.4. The van der Waals surface area contributed by atoms with Crippen molar-refractivity contribution in [3.63, 3.8) is 0 Å². The van der Waals surface area contributed by atoms with Crippen molar-refractivity contribution in [1.82, 2.24) is 4.31 Å². The Morgan fingerprint density at radius 3 is 2.69 bits per heavy atom. The summed E-state index contributed by atoms with van der Waals surface area (Å²) in [6.45, 7) is 2.14. The van der Waals surface area contributed by atoms with Gasteiger partial charge in [-0.05, 0) is 25.1 Å². The highest BCUT2D eigenvalue weighted by Gasteiger charge is 2.37. The third kappa shape index (κ3) is 1.43. The average Bonchev–Trinajstić information content (AvgIpc) is 2.45. The largest absolute Gasteiger partial charge is 0.271 e. The van der Waals surface area contributed by atoms with Gasteiger partial charge in [0.25, 0.3) is 10.0 Å². The Kier molecular flexibility index (Phi) is 2.67. The minimum absolute atomic E-state index is 0.277. The number of amidine groups is 1. The second-order valence-electron chi connectivity index (χ2n) is 3.36. The van der Waals surface area contributed by atoms with Crippen LogP contribution in [-0.2, 0) is 10.0 Å². The van der Waals surface area contributed by atoms with Crippen LogP contribution in [0.2, 0.25) is 5.02 Å². The number of nitrogens with zero attached hydrogens (tertiary/aromatic N) is 2. The molecule has 0 N–H and O–H groups in total. The highest BCUT2D eigenvalue weighted by molar-refractivity contribution is 7.90. The topological polar surface area (TPSA) is 49.7 Å². The maximum Gasteiger partial charge on any atom is 0.266 e. The Bertz CT molecular complexity index is 566. The van der Waals surface area contributed by atoms with Gasteiger partial charge in [-0.25, -0.2) is 12.7 Å². The first-order valence-corrected chi connectivity index (χ1v) is 6.63. The molecule has 0 saturated heterocycles. The third-order valence-electron chi connectivity index (χ3n) is 2.49.